The summed E-state index contributed by atoms with van der Waals surface area (Å²) < 4.78 is 4.83. The van der Waals surface area contributed by atoms with Crippen LogP contribution in [0.25, 0.3) is 0 Å². The van der Waals surface area contributed by atoms with Crippen LogP contribution in [0.5, 0.6) is 0 Å². The third-order valence-electron chi connectivity index (χ3n) is 2.02. The van der Waals surface area contributed by atoms with Gasteiger partial charge in [0.1, 0.15) is 0 Å². The molecule has 0 saturated heterocycles. The summed E-state index contributed by atoms with van der Waals surface area (Å²) >= 11 is 0. The van der Waals surface area contributed by atoms with Gasteiger partial charge in [-0.15, -0.1) is 10.1 Å². The predicted molar refractivity (Wildman–Crippen MR) is 58.7 cm³/mol. The molecule has 1 aromatic carbocycles. The number of nitrogens with zero attached hydrogens (tertiary/aromatic N) is 1. The Hall–Kier alpha value is -2.44. The zero-order valence-electron chi connectivity index (χ0n) is 9.57. The molecule has 1 rings (SSSR count). The largest absolute Gasteiger partial charge is 0.447 e. The topological polar surface area (TPSA) is 95.7 Å². The van der Waals surface area contributed by atoms with Gasteiger partial charge < -0.3 is 4.74 Å². The molecular weight excluding hydrogens is 242 g/mol. The number of esters is 1. The normalized spacial score (nSPS) is 11.4. The standard InChI is InChI=1S/C11H11NO6/c1-2-9(13)17-10(11(14)18-12(15)16)8-6-4-3-5-7-8/h3-7,10H,2H2,1H3. The average molecular weight is 253 g/mol. The van der Waals surface area contributed by atoms with Crippen molar-refractivity contribution in [1.82, 2.24) is 0 Å². The van der Waals surface area contributed by atoms with E-state index in [4.69, 9.17) is 4.74 Å². The van der Waals surface area contributed by atoms with Crippen molar-refractivity contribution in [2.75, 3.05) is 0 Å². The van der Waals surface area contributed by atoms with E-state index in [-0.39, 0.29) is 6.42 Å². The van der Waals surface area contributed by atoms with E-state index in [2.05, 4.69) is 4.84 Å². The zero-order valence-corrected chi connectivity index (χ0v) is 9.57. The van der Waals surface area contributed by atoms with Gasteiger partial charge in [0, 0.05) is 12.0 Å². The van der Waals surface area contributed by atoms with Gasteiger partial charge in [-0.2, -0.15) is 0 Å². The molecular formula is C11H11NO6. The Balaban J connectivity index is 2.91. The summed E-state index contributed by atoms with van der Waals surface area (Å²) in [5.74, 6) is -1.89. The second kappa shape index (κ2) is 6.33. The molecule has 0 spiro atoms. The molecule has 0 fully saturated rings. The van der Waals surface area contributed by atoms with E-state index in [1.807, 2.05) is 0 Å². The van der Waals surface area contributed by atoms with Crippen molar-refractivity contribution in [3.8, 4) is 0 Å². The molecule has 1 atom stereocenters. The maximum atomic E-state index is 11.5. The zero-order chi connectivity index (χ0) is 13.5. The molecule has 0 aliphatic rings. The third-order valence-corrected chi connectivity index (χ3v) is 2.02. The number of rotatable bonds is 5. The van der Waals surface area contributed by atoms with Crippen LogP contribution in [0.1, 0.15) is 25.0 Å². The van der Waals surface area contributed by atoms with Crippen molar-refractivity contribution < 1.29 is 24.3 Å². The van der Waals surface area contributed by atoms with E-state index in [1.54, 1.807) is 25.1 Å². The predicted octanol–water partition coefficient (Wildman–Crippen LogP) is 1.42. The summed E-state index contributed by atoms with van der Waals surface area (Å²) in [7, 11) is 0. The SMILES string of the molecule is CCC(=O)OC(C(=O)O[N+](=O)[O-])c1ccccc1. The van der Waals surface area contributed by atoms with Crippen LogP contribution in [-0.2, 0) is 19.2 Å². The Morgan fingerprint density at radius 1 is 1.33 bits per heavy atom. The molecule has 0 aliphatic carbocycles. The summed E-state index contributed by atoms with van der Waals surface area (Å²) in [6, 6.07) is 7.94. The fraction of sp³-hybridized carbons (Fsp3) is 0.273. The minimum Gasteiger partial charge on any atom is -0.447 e. The third kappa shape index (κ3) is 3.85. The fourth-order valence-corrected chi connectivity index (χ4v) is 1.22. The number of carbonyl (C=O) groups is 2. The molecule has 0 bridgehead atoms. The van der Waals surface area contributed by atoms with Crippen LogP contribution < -0.4 is 0 Å². The first-order chi connectivity index (χ1) is 8.54. The van der Waals surface area contributed by atoms with Crippen LogP contribution in [0.15, 0.2) is 30.3 Å². The molecule has 0 N–H and O–H groups in total. The van der Waals surface area contributed by atoms with Gasteiger partial charge in [-0.05, 0) is 0 Å². The van der Waals surface area contributed by atoms with E-state index in [1.165, 1.54) is 12.1 Å². The molecule has 18 heavy (non-hydrogen) atoms. The molecule has 1 unspecified atom stereocenters. The number of hydrogen-bond acceptors (Lipinski definition) is 6. The first-order valence-electron chi connectivity index (χ1n) is 5.15. The van der Waals surface area contributed by atoms with Crippen LogP contribution in [0.3, 0.4) is 0 Å². The maximum Gasteiger partial charge on any atom is 0.348 e. The van der Waals surface area contributed by atoms with E-state index >= 15 is 0 Å². The van der Waals surface area contributed by atoms with Crippen LogP contribution >= 0.6 is 0 Å². The Labute approximate surface area is 102 Å². The van der Waals surface area contributed by atoms with Crippen molar-refractivity contribution in [3.63, 3.8) is 0 Å². The van der Waals surface area contributed by atoms with Crippen LogP contribution in [0.2, 0.25) is 0 Å². The van der Waals surface area contributed by atoms with Crippen molar-refractivity contribution in [2.45, 2.75) is 19.4 Å². The smallest absolute Gasteiger partial charge is 0.348 e. The Morgan fingerprint density at radius 3 is 2.44 bits per heavy atom. The second-order valence-electron chi connectivity index (χ2n) is 3.27. The fourth-order valence-electron chi connectivity index (χ4n) is 1.22. The molecule has 0 amide bonds. The highest BCUT2D eigenvalue weighted by atomic mass is 17.0. The first kappa shape index (κ1) is 13.6. The van der Waals surface area contributed by atoms with E-state index < -0.39 is 23.1 Å². The Morgan fingerprint density at radius 2 is 1.94 bits per heavy atom. The molecule has 1 aromatic rings. The Bertz CT molecular complexity index is 444. The van der Waals surface area contributed by atoms with E-state index in [0.29, 0.717) is 5.56 Å². The first-order valence-corrected chi connectivity index (χ1v) is 5.15. The highest BCUT2D eigenvalue weighted by Gasteiger charge is 2.27. The van der Waals surface area contributed by atoms with E-state index in [0.717, 1.165) is 0 Å². The minimum absolute atomic E-state index is 0.0507. The van der Waals surface area contributed by atoms with Crippen LogP contribution in [0.4, 0.5) is 0 Å². The monoisotopic (exact) mass is 253 g/mol. The lowest BCUT2D eigenvalue weighted by molar-refractivity contribution is -0.730. The van der Waals surface area contributed by atoms with Gasteiger partial charge in [0.2, 0.25) is 6.10 Å². The second-order valence-corrected chi connectivity index (χ2v) is 3.27. The summed E-state index contributed by atoms with van der Waals surface area (Å²) in [6.45, 7) is 1.54. The molecule has 96 valence electrons. The lowest BCUT2D eigenvalue weighted by Crippen LogP contribution is -2.23. The average Bonchev–Trinajstić information content (AvgIpc) is 2.35. The van der Waals surface area contributed by atoms with Gasteiger partial charge in [0.15, 0.2) is 0 Å². The quantitative estimate of drug-likeness (QED) is 0.447. The molecule has 7 heteroatoms. The van der Waals surface area contributed by atoms with Gasteiger partial charge in [-0.25, -0.2) is 4.84 Å². The number of carbonyl (C=O) groups excluding carboxylic acids is 2. The minimum atomic E-state index is -1.43. The molecule has 0 radical (unpaired) electrons. The lowest BCUT2D eigenvalue weighted by Gasteiger charge is -2.15. The summed E-state index contributed by atoms with van der Waals surface area (Å²) in [6.07, 6.45) is -1.38. The molecule has 7 nitrogen and oxygen atoms in total. The number of benzene rings is 1. The van der Waals surface area contributed by atoms with Crippen molar-refractivity contribution >= 4 is 11.9 Å². The lowest BCUT2D eigenvalue weighted by atomic mass is 10.1. The van der Waals surface area contributed by atoms with Crippen LogP contribution in [-0.4, -0.2) is 17.0 Å². The highest BCUT2D eigenvalue weighted by molar-refractivity contribution is 5.80. The molecule has 0 aliphatic heterocycles. The molecule has 0 aromatic heterocycles. The Kier molecular flexibility index (Phi) is 4.79. The summed E-state index contributed by atoms with van der Waals surface area (Å²) in [4.78, 5) is 36.6. The van der Waals surface area contributed by atoms with Gasteiger partial charge in [-0.3, -0.25) is 9.59 Å². The maximum absolute atomic E-state index is 11.5. The highest BCUT2D eigenvalue weighted by Crippen LogP contribution is 2.19. The van der Waals surface area contributed by atoms with Crippen molar-refractivity contribution in [2.24, 2.45) is 0 Å². The van der Waals surface area contributed by atoms with Gasteiger partial charge in [-0.1, -0.05) is 37.3 Å². The number of ether oxygens (including phenoxy) is 1. The molecule has 0 heterocycles. The van der Waals surface area contributed by atoms with Crippen molar-refractivity contribution in [1.29, 1.82) is 0 Å². The summed E-state index contributed by atoms with van der Waals surface area (Å²) in [5, 5.41) is 8.88. The van der Waals surface area contributed by atoms with Gasteiger partial charge >= 0.3 is 17.0 Å². The summed E-state index contributed by atoms with van der Waals surface area (Å²) in [5.41, 5.74) is 0.311. The molecule has 0 saturated carbocycles. The van der Waals surface area contributed by atoms with E-state index in [9.17, 15) is 19.7 Å². The number of hydrogen-bond donors (Lipinski definition) is 0. The van der Waals surface area contributed by atoms with Gasteiger partial charge in [0.25, 0.3) is 0 Å². The van der Waals surface area contributed by atoms with Gasteiger partial charge in [0.05, 0.1) is 0 Å². The van der Waals surface area contributed by atoms with Crippen molar-refractivity contribution in [3.05, 3.63) is 46.0 Å². The van der Waals surface area contributed by atoms with Crippen LogP contribution in [0, 0.1) is 10.1 Å².